The Kier molecular flexibility index (Phi) is 3.27. The van der Waals surface area contributed by atoms with Crippen molar-refractivity contribution in [2.24, 2.45) is 0 Å². The molecule has 0 spiro atoms. The van der Waals surface area contributed by atoms with E-state index in [9.17, 15) is 0 Å². The van der Waals surface area contributed by atoms with E-state index in [-0.39, 0.29) is 0 Å². The molecule has 0 atom stereocenters. The Labute approximate surface area is 204 Å². The van der Waals surface area contributed by atoms with Crippen LogP contribution in [0.1, 0.15) is 44.5 Å². The summed E-state index contributed by atoms with van der Waals surface area (Å²) in [7, 11) is 0. The molecule has 164 valence electrons. The molecule has 0 fully saturated rings. The molecule has 0 saturated carbocycles. The maximum Gasteiger partial charge on any atom is 0.141 e. The molecule has 2 aliphatic carbocycles. The first kappa shape index (κ1) is 18.2. The number of pyridine rings is 1. The summed E-state index contributed by atoms with van der Waals surface area (Å²) >= 11 is 0. The SMILES string of the molecule is c1ccc2c(c1)Cc1cc3c(cc1-2)-c1cc2c(cc1C3)N1c3ncccc3Cc3cccc(c31)C2. The molecule has 0 amide bonds. The fourth-order valence-corrected chi connectivity index (χ4v) is 7.00. The molecule has 0 bridgehead atoms. The van der Waals surface area contributed by atoms with Crippen LogP contribution in [0, 0.1) is 0 Å². The van der Waals surface area contributed by atoms with Gasteiger partial charge in [-0.2, -0.15) is 0 Å². The average molecular weight is 447 g/mol. The minimum atomic E-state index is 0.960. The van der Waals surface area contributed by atoms with Crippen molar-refractivity contribution in [3.63, 3.8) is 0 Å². The molecule has 0 radical (unpaired) electrons. The summed E-state index contributed by atoms with van der Waals surface area (Å²) in [5, 5.41) is 0. The van der Waals surface area contributed by atoms with Crippen molar-refractivity contribution < 1.29 is 0 Å². The lowest BCUT2D eigenvalue weighted by molar-refractivity contribution is 0.980. The fourth-order valence-electron chi connectivity index (χ4n) is 7.00. The number of hydrogen-bond donors (Lipinski definition) is 0. The third-order valence-electron chi connectivity index (χ3n) is 8.50. The predicted molar refractivity (Wildman–Crippen MR) is 141 cm³/mol. The molecule has 2 nitrogen and oxygen atoms in total. The van der Waals surface area contributed by atoms with E-state index in [0.29, 0.717) is 0 Å². The van der Waals surface area contributed by atoms with Crippen molar-refractivity contribution in [1.29, 1.82) is 0 Å². The van der Waals surface area contributed by atoms with Crippen molar-refractivity contribution in [3.05, 3.63) is 130 Å². The molecule has 2 aliphatic heterocycles. The van der Waals surface area contributed by atoms with Gasteiger partial charge in [-0.25, -0.2) is 4.98 Å². The van der Waals surface area contributed by atoms with Crippen molar-refractivity contribution in [3.8, 4) is 22.3 Å². The summed E-state index contributed by atoms with van der Waals surface area (Å²) in [6.07, 6.45) is 5.94. The maximum atomic E-state index is 4.87. The molecule has 2 heteroatoms. The van der Waals surface area contributed by atoms with Crippen LogP contribution in [-0.4, -0.2) is 4.98 Å². The number of nitrogens with zero attached hydrogens (tertiary/aromatic N) is 2. The molecule has 9 rings (SSSR count). The third kappa shape index (κ3) is 2.32. The van der Waals surface area contributed by atoms with Gasteiger partial charge in [-0.05, 0) is 104 Å². The summed E-state index contributed by atoms with van der Waals surface area (Å²) in [5.41, 5.74) is 19.7. The van der Waals surface area contributed by atoms with Gasteiger partial charge in [0.1, 0.15) is 5.82 Å². The van der Waals surface area contributed by atoms with E-state index >= 15 is 0 Å². The second kappa shape index (κ2) is 6.28. The highest BCUT2D eigenvalue weighted by atomic mass is 15.2. The highest BCUT2D eigenvalue weighted by Crippen LogP contribution is 2.52. The van der Waals surface area contributed by atoms with Crippen molar-refractivity contribution in [2.75, 3.05) is 4.90 Å². The van der Waals surface area contributed by atoms with Crippen LogP contribution in [0.4, 0.5) is 17.2 Å². The first-order valence-corrected chi connectivity index (χ1v) is 12.6. The van der Waals surface area contributed by atoms with Gasteiger partial charge in [0, 0.05) is 19.0 Å². The van der Waals surface area contributed by atoms with Crippen LogP contribution >= 0.6 is 0 Å². The highest BCUT2D eigenvalue weighted by molar-refractivity contribution is 5.92. The number of rotatable bonds is 0. The Morgan fingerprint density at radius 1 is 0.486 bits per heavy atom. The lowest BCUT2D eigenvalue weighted by Gasteiger charge is -2.38. The second-order valence-corrected chi connectivity index (χ2v) is 10.4. The molecule has 35 heavy (non-hydrogen) atoms. The number of fused-ring (bicyclic) bond motifs is 10. The summed E-state index contributed by atoms with van der Waals surface area (Å²) < 4.78 is 0. The Morgan fingerprint density at radius 3 is 2.06 bits per heavy atom. The topological polar surface area (TPSA) is 16.1 Å². The Balaban J connectivity index is 1.25. The first-order valence-electron chi connectivity index (χ1n) is 12.6. The van der Waals surface area contributed by atoms with Gasteiger partial charge in [0.15, 0.2) is 0 Å². The molecule has 5 aromatic rings. The normalized spacial score (nSPS) is 14.9. The largest absolute Gasteiger partial charge is 0.294 e. The van der Waals surface area contributed by atoms with Gasteiger partial charge in [0.2, 0.25) is 0 Å². The fraction of sp³-hybridized carbons (Fsp3) is 0.121. The van der Waals surface area contributed by atoms with Gasteiger partial charge >= 0.3 is 0 Å². The van der Waals surface area contributed by atoms with Crippen LogP contribution in [0.3, 0.4) is 0 Å². The van der Waals surface area contributed by atoms with Gasteiger partial charge in [-0.15, -0.1) is 0 Å². The summed E-state index contributed by atoms with van der Waals surface area (Å²) in [6.45, 7) is 0. The number of hydrogen-bond acceptors (Lipinski definition) is 2. The van der Waals surface area contributed by atoms with Gasteiger partial charge in [-0.3, -0.25) is 4.90 Å². The summed E-state index contributed by atoms with van der Waals surface area (Å²) in [4.78, 5) is 7.31. The molecule has 1 aromatic heterocycles. The molecule has 3 heterocycles. The van der Waals surface area contributed by atoms with Gasteiger partial charge in [-0.1, -0.05) is 54.6 Å². The summed E-state index contributed by atoms with van der Waals surface area (Å²) in [6, 6.07) is 29.9. The van der Waals surface area contributed by atoms with Crippen LogP contribution < -0.4 is 4.90 Å². The second-order valence-electron chi connectivity index (χ2n) is 10.4. The number of para-hydroxylation sites is 1. The van der Waals surface area contributed by atoms with Gasteiger partial charge < -0.3 is 0 Å². The van der Waals surface area contributed by atoms with Gasteiger partial charge in [0.25, 0.3) is 0 Å². The van der Waals surface area contributed by atoms with Crippen molar-refractivity contribution in [1.82, 2.24) is 4.98 Å². The van der Waals surface area contributed by atoms with Crippen LogP contribution in [0.5, 0.6) is 0 Å². The summed E-state index contributed by atoms with van der Waals surface area (Å²) in [5.74, 6) is 1.10. The van der Waals surface area contributed by atoms with E-state index in [1.54, 1.807) is 0 Å². The highest BCUT2D eigenvalue weighted by Gasteiger charge is 2.34. The molecule has 0 saturated heterocycles. The Morgan fingerprint density at radius 2 is 1.14 bits per heavy atom. The monoisotopic (exact) mass is 446 g/mol. The predicted octanol–water partition coefficient (Wildman–Crippen LogP) is 7.50. The Bertz CT molecular complexity index is 1760. The number of benzene rings is 4. The molecule has 4 aliphatic rings. The molecule has 0 N–H and O–H groups in total. The minimum Gasteiger partial charge on any atom is -0.294 e. The van der Waals surface area contributed by atoms with E-state index in [1.807, 2.05) is 6.20 Å². The van der Waals surface area contributed by atoms with E-state index in [4.69, 9.17) is 4.98 Å². The zero-order valence-electron chi connectivity index (χ0n) is 19.3. The number of anilines is 3. The third-order valence-corrected chi connectivity index (χ3v) is 8.50. The van der Waals surface area contributed by atoms with E-state index in [1.165, 1.54) is 78.1 Å². The zero-order chi connectivity index (χ0) is 22.7. The quantitative estimate of drug-likeness (QED) is 0.240. The lowest BCUT2D eigenvalue weighted by atomic mass is 9.86. The maximum absolute atomic E-state index is 4.87. The molecular formula is C33H22N2. The van der Waals surface area contributed by atoms with Crippen LogP contribution in [0.2, 0.25) is 0 Å². The van der Waals surface area contributed by atoms with Crippen molar-refractivity contribution >= 4 is 17.2 Å². The molecular weight excluding hydrogens is 424 g/mol. The standard InChI is InChI=1S/C33H22N2/c1-2-9-27-19(5-1)11-23-14-24-15-25-17-31-26(16-28(25)30(24)18-29(23)27)13-21-7-3-6-20-12-22-8-4-10-34-33(22)35(31)32(20)21/h1-10,14,16-18H,11-13,15H2. The molecule has 4 aromatic carbocycles. The smallest absolute Gasteiger partial charge is 0.141 e. The average Bonchev–Trinajstić information content (AvgIpc) is 3.42. The van der Waals surface area contributed by atoms with Crippen LogP contribution in [0.15, 0.2) is 85.1 Å². The number of aromatic nitrogens is 1. The van der Waals surface area contributed by atoms with E-state index in [0.717, 1.165) is 31.5 Å². The lowest BCUT2D eigenvalue weighted by Crippen LogP contribution is -2.25. The minimum absolute atomic E-state index is 0.960. The van der Waals surface area contributed by atoms with Crippen molar-refractivity contribution in [2.45, 2.75) is 25.7 Å². The van der Waals surface area contributed by atoms with Gasteiger partial charge in [0.05, 0.1) is 11.4 Å². The van der Waals surface area contributed by atoms with Crippen LogP contribution in [-0.2, 0) is 25.7 Å². The molecule has 0 unspecified atom stereocenters. The Hall–Kier alpha value is -4.17. The first-order chi connectivity index (χ1) is 17.3. The van der Waals surface area contributed by atoms with E-state index in [2.05, 4.69) is 83.8 Å². The van der Waals surface area contributed by atoms with Crippen LogP contribution in [0.25, 0.3) is 22.3 Å². The van der Waals surface area contributed by atoms with E-state index < -0.39 is 0 Å². The zero-order valence-corrected chi connectivity index (χ0v) is 19.3.